The fraction of sp³-hybridized carbons (Fsp3) is 0.0800. The average Bonchev–Trinajstić information content (AvgIpc) is 3.50. The first-order valence-corrected chi connectivity index (χ1v) is 9.84. The van der Waals surface area contributed by atoms with Crippen LogP contribution in [0.4, 0.5) is 5.69 Å². The number of aliphatic hydroxyl groups is 1. The second-order valence-electron chi connectivity index (χ2n) is 7.42. The zero-order valence-corrected chi connectivity index (χ0v) is 16.9. The van der Waals surface area contributed by atoms with E-state index in [9.17, 15) is 14.7 Å². The summed E-state index contributed by atoms with van der Waals surface area (Å²) in [6, 6.07) is 19.4. The zero-order chi connectivity index (χ0) is 22.4. The van der Waals surface area contributed by atoms with Gasteiger partial charge in [0.25, 0.3) is 5.91 Å². The minimum absolute atomic E-state index is 0.00973. The van der Waals surface area contributed by atoms with E-state index in [1.54, 1.807) is 67.6 Å². The van der Waals surface area contributed by atoms with Crippen LogP contribution in [0.1, 0.15) is 33.7 Å². The Hall–Kier alpha value is -4.57. The minimum Gasteiger partial charge on any atom is -0.503 e. The van der Waals surface area contributed by atoms with Crippen LogP contribution in [0.25, 0.3) is 11.0 Å². The van der Waals surface area contributed by atoms with Crippen LogP contribution in [0.2, 0.25) is 0 Å². The van der Waals surface area contributed by atoms with Gasteiger partial charge in [-0.2, -0.15) is 5.26 Å². The number of para-hydroxylation sites is 1. The van der Waals surface area contributed by atoms with Gasteiger partial charge in [0.2, 0.25) is 5.78 Å². The van der Waals surface area contributed by atoms with Crippen molar-refractivity contribution >= 4 is 28.3 Å². The Morgan fingerprint density at radius 1 is 1.06 bits per heavy atom. The van der Waals surface area contributed by atoms with E-state index in [-0.39, 0.29) is 11.3 Å². The number of hydrogen-bond acceptors (Lipinski definition) is 6. The number of nitrogens with zero attached hydrogens (tertiary/aromatic N) is 2. The summed E-state index contributed by atoms with van der Waals surface area (Å²) < 4.78 is 11.5. The smallest absolute Gasteiger partial charge is 0.294 e. The van der Waals surface area contributed by atoms with Crippen LogP contribution in [0.15, 0.2) is 86.9 Å². The third-order valence-corrected chi connectivity index (χ3v) is 5.41. The summed E-state index contributed by atoms with van der Waals surface area (Å²) in [4.78, 5) is 27.8. The van der Waals surface area contributed by atoms with Gasteiger partial charge in [0.1, 0.15) is 23.1 Å². The number of carbonyl (C=O) groups is 2. The molecular formula is C25H16N2O5. The first kappa shape index (κ1) is 19.4. The molecule has 1 N–H and O–H groups in total. The number of benzene rings is 2. The predicted octanol–water partition coefficient (Wildman–Crippen LogP) is 4.99. The van der Waals surface area contributed by atoms with E-state index in [4.69, 9.17) is 14.1 Å². The molecule has 5 rings (SSSR count). The van der Waals surface area contributed by atoms with Crippen molar-refractivity contribution < 1.29 is 23.5 Å². The van der Waals surface area contributed by atoms with Gasteiger partial charge in [-0.1, -0.05) is 18.2 Å². The number of furan rings is 2. The molecule has 0 fully saturated rings. The monoisotopic (exact) mass is 424 g/mol. The quantitative estimate of drug-likeness (QED) is 0.463. The lowest BCUT2D eigenvalue weighted by molar-refractivity contribution is -0.117. The van der Waals surface area contributed by atoms with Crippen LogP contribution in [0.5, 0.6) is 0 Å². The van der Waals surface area contributed by atoms with Crippen molar-refractivity contribution in [1.29, 1.82) is 5.26 Å². The van der Waals surface area contributed by atoms with Gasteiger partial charge in [0.15, 0.2) is 11.5 Å². The Labute approximate surface area is 182 Å². The van der Waals surface area contributed by atoms with E-state index >= 15 is 0 Å². The van der Waals surface area contributed by atoms with Gasteiger partial charge >= 0.3 is 0 Å². The molecule has 156 valence electrons. The van der Waals surface area contributed by atoms with Gasteiger partial charge in [-0.15, -0.1) is 0 Å². The number of anilines is 1. The largest absolute Gasteiger partial charge is 0.503 e. The van der Waals surface area contributed by atoms with Crippen molar-refractivity contribution in [2.45, 2.75) is 13.0 Å². The molecule has 1 aliphatic heterocycles. The molecule has 0 radical (unpaired) electrons. The number of carbonyl (C=O) groups excluding carboxylic acids is 2. The normalized spacial score (nSPS) is 16.1. The number of fused-ring (bicyclic) bond motifs is 1. The molecule has 4 aromatic rings. The highest BCUT2D eigenvalue weighted by Crippen LogP contribution is 2.42. The number of aliphatic hydroxyl groups excluding tert-OH is 1. The van der Waals surface area contributed by atoms with Crippen molar-refractivity contribution in [3.05, 3.63) is 101 Å². The average molecular weight is 424 g/mol. The molecule has 1 unspecified atom stereocenters. The number of rotatable bonds is 4. The Morgan fingerprint density at radius 2 is 1.81 bits per heavy atom. The fourth-order valence-electron chi connectivity index (χ4n) is 3.90. The van der Waals surface area contributed by atoms with E-state index < -0.39 is 23.5 Å². The van der Waals surface area contributed by atoms with E-state index in [1.807, 2.05) is 12.1 Å². The lowest BCUT2D eigenvalue weighted by Crippen LogP contribution is -2.30. The molecule has 7 heteroatoms. The van der Waals surface area contributed by atoms with Crippen LogP contribution < -0.4 is 4.90 Å². The summed E-state index contributed by atoms with van der Waals surface area (Å²) in [5.74, 6) is -1.09. The third kappa shape index (κ3) is 2.97. The lowest BCUT2D eigenvalue weighted by atomic mass is 9.99. The molecule has 7 nitrogen and oxygen atoms in total. The molecule has 1 aliphatic rings. The molecule has 0 bridgehead atoms. The third-order valence-electron chi connectivity index (χ3n) is 5.41. The maximum atomic E-state index is 13.5. The molecule has 0 spiro atoms. The Balaban J connectivity index is 1.64. The number of aryl methyl sites for hydroxylation is 1. The summed E-state index contributed by atoms with van der Waals surface area (Å²) in [5.41, 5.74) is 1.22. The standard InChI is InChI=1S/C25H16N2O5/c1-14-6-11-19(31-14)22-21(23(28)20-12-16-4-2-3-5-18(16)32-20)24(29)25(30)27(22)17-9-7-15(13-26)8-10-17/h2-12,22,29H,1H3. The topological polar surface area (TPSA) is 108 Å². The molecule has 2 aromatic carbocycles. The fourth-order valence-corrected chi connectivity index (χ4v) is 3.90. The van der Waals surface area contributed by atoms with Gasteiger partial charge in [0.05, 0.1) is 17.2 Å². The van der Waals surface area contributed by atoms with Gasteiger partial charge in [-0.3, -0.25) is 14.5 Å². The number of Topliss-reactive ketones (excluding diaryl/α,β-unsaturated/α-hetero) is 1. The predicted molar refractivity (Wildman–Crippen MR) is 115 cm³/mol. The summed E-state index contributed by atoms with van der Waals surface area (Å²) in [7, 11) is 0. The highest BCUT2D eigenvalue weighted by Gasteiger charge is 2.46. The molecule has 0 saturated carbocycles. The molecule has 3 heterocycles. The van der Waals surface area contributed by atoms with Gasteiger partial charge in [0, 0.05) is 11.1 Å². The van der Waals surface area contributed by atoms with Crippen LogP contribution in [-0.2, 0) is 4.79 Å². The summed E-state index contributed by atoms with van der Waals surface area (Å²) in [6.07, 6.45) is 0. The lowest BCUT2D eigenvalue weighted by Gasteiger charge is -2.24. The minimum atomic E-state index is -0.996. The maximum Gasteiger partial charge on any atom is 0.294 e. The first-order chi connectivity index (χ1) is 15.5. The van der Waals surface area contributed by atoms with Crippen molar-refractivity contribution in [3.8, 4) is 6.07 Å². The highest BCUT2D eigenvalue weighted by molar-refractivity contribution is 6.20. The van der Waals surface area contributed by atoms with E-state index in [0.717, 1.165) is 5.39 Å². The van der Waals surface area contributed by atoms with Crippen LogP contribution in [0.3, 0.4) is 0 Å². The SMILES string of the molecule is Cc1ccc(C2C(C(=O)c3cc4ccccc4o3)=C(O)C(=O)N2c2ccc(C#N)cc2)o1. The highest BCUT2D eigenvalue weighted by atomic mass is 16.4. The molecule has 1 amide bonds. The van der Waals surface area contributed by atoms with Crippen LogP contribution in [-0.4, -0.2) is 16.8 Å². The van der Waals surface area contributed by atoms with Crippen molar-refractivity contribution in [2.75, 3.05) is 4.90 Å². The van der Waals surface area contributed by atoms with Crippen LogP contribution in [0, 0.1) is 18.3 Å². The number of ketones is 1. The number of nitriles is 1. The van der Waals surface area contributed by atoms with E-state index in [0.29, 0.717) is 28.4 Å². The molecule has 0 saturated heterocycles. The zero-order valence-electron chi connectivity index (χ0n) is 16.9. The molecule has 2 aromatic heterocycles. The van der Waals surface area contributed by atoms with Gasteiger partial charge < -0.3 is 13.9 Å². The number of hydrogen-bond donors (Lipinski definition) is 1. The Kier molecular flexibility index (Phi) is 4.42. The summed E-state index contributed by atoms with van der Waals surface area (Å²) >= 11 is 0. The second kappa shape index (κ2) is 7.29. The van der Waals surface area contributed by atoms with Crippen molar-refractivity contribution in [1.82, 2.24) is 0 Å². The Morgan fingerprint density at radius 3 is 2.47 bits per heavy atom. The van der Waals surface area contributed by atoms with E-state index in [2.05, 4.69) is 0 Å². The van der Waals surface area contributed by atoms with Crippen molar-refractivity contribution in [2.24, 2.45) is 0 Å². The maximum absolute atomic E-state index is 13.5. The van der Waals surface area contributed by atoms with Gasteiger partial charge in [-0.25, -0.2) is 0 Å². The number of amides is 1. The van der Waals surface area contributed by atoms with Crippen LogP contribution >= 0.6 is 0 Å². The Bertz CT molecular complexity index is 1420. The second-order valence-corrected chi connectivity index (χ2v) is 7.42. The molecular weight excluding hydrogens is 408 g/mol. The molecule has 0 aliphatic carbocycles. The molecule has 32 heavy (non-hydrogen) atoms. The summed E-state index contributed by atoms with van der Waals surface area (Å²) in [6.45, 7) is 1.75. The summed E-state index contributed by atoms with van der Waals surface area (Å²) in [5, 5.41) is 20.6. The molecule has 1 atom stereocenters. The first-order valence-electron chi connectivity index (χ1n) is 9.84. The van der Waals surface area contributed by atoms with Crippen molar-refractivity contribution in [3.63, 3.8) is 0 Å². The van der Waals surface area contributed by atoms with E-state index in [1.165, 1.54) is 4.90 Å². The van der Waals surface area contributed by atoms with Gasteiger partial charge in [-0.05, 0) is 55.5 Å².